The number of hydrogen-bond donors (Lipinski definition) is 0. The predicted molar refractivity (Wildman–Crippen MR) is 163 cm³/mol. The minimum atomic E-state index is 0.489. The molecule has 6 heteroatoms. The third kappa shape index (κ3) is 4.30. The topological polar surface area (TPSA) is 49.2 Å². The summed E-state index contributed by atoms with van der Waals surface area (Å²) in [5, 5.41) is 2.27. The van der Waals surface area contributed by atoms with Crippen molar-refractivity contribution in [3.63, 3.8) is 0 Å². The average Bonchev–Trinajstić information content (AvgIpc) is 3.60. The van der Waals surface area contributed by atoms with Crippen molar-refractivity contribution in [3.8, 4) is 34.3 Å². The first kappa shape index (κ1) is 24.4. The molecule has 3 aromatic heterocycles. The summed E-state index contributed by atoms with van der Waals surface area (Å²) in [5.41, 5.74) is 7.61. The zero-order valence-electron chi connectivity index (χ0n) is 22.6. The van der Waals surface area contributed by atoms with Crippen molar-refractivity contribution in [1.29, 1.82) is 0 Å². The van der Waals surface area contributed by atoms with E-state index in [1.807, 2.05) is 71.7 Å². The number of aromatic nitrogens is 4. The van der Waals surface area contributed by atoms with Crippen LogP contribution in [0.2, 0.25) is 0 Å². The van der Waals surface area contributed by atoms with Crippen LogP contribution in [0.5, 0.6) is 11.5 Å². The van der Waals surface area contributed by atoms with Crippen LogP contribution < -0.4 is 4.74 Å². The standard InChI is InChI=1S/C35H25N5O/c1-23-9-8-10-24(2)35(23)39-21-31(38-22-39)25-17-26(36-3)19-28(18-25)41-27-14-15-30-29-11-4-5-12-32(29)40(33(30)20-27)34-13-6-7-16-37-34/h4-22H,1-2H3. The maximum Gasteiger partial charge on any atom is 0.191 e. The second-order valence-electron chi connectivity index (χ2n) is 10.1. The van der Waals surface area contributed by atoms with Gasteiger partial charge in [0.15, 0.2) is 5.69 Å². The Morgan fingerprint density at radius 3 is 2.34 bits per heavy atom. The Morgan fingerprint density at radius 2 is 1.54 bits per heavy atom. The molecule has 0 radical (unpaired) electrons. The van der Waals surface area contributed by atoms with E-state index in [1.165, 1.54) is 11.1 Å². The number of hydrogen-bond acceptors (Lipinski definition) is 3. The first-order chi connectivity index (χ1) is 20.1. The summed E-state index contributed by atoms with van der Waals surface area (Å²) < 4.78 is 10.6. The van der Waals surface area contributed by atoms with E-state index in [9.17, 15) is 0 Å². The first-order valence-corrected chi connectivity index (χ1v) is 13.3. The first-order valence-electron chi connectivity index (χ1n) is 13.3. The monoisotopic (exact) mass is 531 g/mol. The quantitative estimate of drug-likeness (QED) is 0.208. The summed E-state index contributed by atoms with van der Waals surface area (Å²) in [6.07, 6.45) is 5.62. The van der Waals surface area contributed by atoms with Gasteiger partial charge in [-0.3, -0.25) is 4.57 Å². The third-order valence-electron chi connectivity index (χ3n) is 7.36. The molecule has 0 saturated carbocycles. The van der Waals surface area contributed by atoms with Gasteiger partial charge in [0.25, 0.3) is 0 Å². The molecule has 0 aliphatic rings. The lowest BCUT2D eigenvalue weighted by molar-refractivity contribution is 0.484. The molecule has 0 aliphatic heterocycles. The maximum absolute atomic E-state index is 7.70. The van der Waals surface area contributed by atoms with Crippen LogP contribution in [0.25, 0.3) is 49.4 Å². The summed E-state index contributed by atoms with van der Waals surface area (Å²) in [6.45, 7) is 11.9. The van der Waals surface area contributed by atoms with Crippen LogP contribution in [0, 0.1) is 20.4 Å². The van der Waals surface area contributed by atoms with E-state index < -0.39 is 0 Å². The molecule has 0 unspecified atom stereocenters. The molecular formula is C35H25N5O. The molecule has 7 rings (SSSR count). The second-order valence-corrected chi connectivity index (χ2v) is 10.1. The molecule has 196 valence electrons. The van der Waals surface area contributed by atoms with E-state index in [0.717, 1.165) is 44.6 Å². The minimum absolute atomic E-state index is 0.489. The fraction of sp³-hybridized carbons (Fsp3) is 0.0571. The number of aryl methyl sites for hydroxylation is 2. The maximum atomic E-state index is 7.70. The molecule has 7 aromatic rings. The van der Waals surface area contributed by atoms with Crippen molar-refractivity contribution in [3.05, 3.63) is 138 Å². The van der Waals surface area contributed by atoms with E-state index in [-0.39, 0.29) is 0 Å². The second kappa shape index (κ2) is 9.82. The highest BCUT2D eigenvalue weighted by Crippen LogP contribution is 2.37. The van der Waals surface area contributed by atoms with Gasteiger partial charge in [0.2, 0.25) is 0 Å². The summed E-state index contributed by atoms with van der Waals surface area (Å²) in [7, 11) is 0. The van der Waals surface area contributed by atoms with Gasteiger partial charge in [-0.2, -0.15) is 0 Å². The van der Waals surface area contributed by atoms with Crippen molar-refractivity contribution in [1.82, 2.24) is 19.1 Å². The normalized spacial score (nSPS) is 11.1. The zero-order chi connectivity index (χ0) is 27.9. The molecular weight excluding hydrogens is 506 g/mol. The number of imidazole rings is 1. The lowest BCUT2D eigenvalue weighted by atomic mass is 10.1. The van der Waals surface area contributed by atoms with E-state index in [4.69, 9.17) is 11.3 Å². The molecule has 6 nitrogen and oxygen atoms in total. The van der Waals surface area contributed by atoms with Crippen LogP contribution >= 0.6 is 0 Å². The Bertz CT molecular complexity index is 2090. The van der Waals surface area contributed by atoms with Crippen LogP contribution in [-0.2, 0) is 0 Å². The predicted octanol–water partition coefficient (Wildman–Crippen LogP) is 8.99. The molecule has 0 saturated heterocycles. The number of nitrogens with zero attached hydrogens (tertiary/aromatic N) is 5. The Hall–Kier alpha value is -5.67. The fourth-order valence-electron chi connectivity index (χ4n) is 5.54. The molecule has 3 heterocycles. The number of fused-ring (bicyclic) bond motifs is 3. The molecule has 0 spiro atoms. The molecule has 0 bridgehead atoms. The molecule has 0 fully saturated rings. The Morgan fingerprint density at radius 1 is 0.732 bits per heavy atom. The summed E-state index contributed by atoms with van der Waals surface area (Å²) >= 11 is 0. The minimum Gasteiger partial charge on any atom is -0.459 e. The van der Waals surface area contributed by atoms with E-state index >= 15 is 0 Å². The fourth-order valence-corrected chi connectivity index (χ4v) is 5.54. The highest BCUT2D eigenvalue weighted by molar-refractivity contribution is 6.09. The highest BCUT2D eigenvalue weighted by Gasteiger charge is 2.15. The van der Waals surface area contributed by atoms with Crippen LogP contribution in [0.3, 0.4) is 0 Å². The van der Waals surface area contributed by atoms with Crippen molar-refractivity contribution < 1.29 is 4.74 Å². The zero-order valence-corrected chi connectivity index (χ0v) is 22.6. The summed E-state index contributed by atoms with van der Waals surface area (Å²) in [6, 6.07) is 32.1. The van der Waals surface area contributed by atoms with Crippen LogP contribution in [0.4, 0.5) is 5.69 Å². The van der Waals surface area contributed by atoms with Crippen molar-refractivity contribution >= 4 is 27.5 Å². The van der Waals surface area contributed by atoms with Gasteiger partial charge in [0.05, 0.1) is 35.3 Å². The average molecular weight is 532 g/mol. The van der Waals surface area contributed by atoms with Gasteiger partial charge < -0.3 is 9.30 Å². The SMILES string of the molecule is [C-]#[N+]c1cc(Oc2ccc3c4ccccc4n(-c4ccccn4)c3c2)cc(-c2cn(-c3c(C)cccc3C)cn2)c1. The van der Waals surface area contributed by atoms with Crippen LogP contribution in [0.1, 0.15) is 11.1 Å². The molecule has 0 atom stereocenters. The highest BCUT2D eigenvalue weighted by atomic mass is 16.5. The lowest BCUT2D eigenvalue weighted by Gasteiger charge is -2.11. The van der Waals surface area contributed by atoms with Gasteiger partial charge >= 0.3 is 0 Å². The third-order valence-corrected chi connectivity index (χ3v) is 7.36. The molecule has 41 heavy (non-hydrogen) atoms. The summed E-state index contributed by atoms with van der Waals surface area (Å²) in [5.74, 6) is 2.09. The van der Waals surface area contributed by atoms with Gasteiger partial charge in [-0.25, -0.2) is 14.8 Å². The van der Waals surface area contributed by atoms with Gasteiger partial charge in [-0.05, 0) is 79.1 Å². The number of rotatable bonds is 5. The summed E-state index contributed by atoms with van der Waals surface area (Å²) in [4.78, 5) is 13.0. The Balaban J connectivity index is 1.29. The van der Waals surface area contributed by atoms with Crippen LogP contribution in [-0.4, -0.2) is 19.1 Å². The molecule has 4 aromatic carbocycles. The lowest BCUT2D eigenvalue weighted by Crippen LogP contribution is -1.96. The number of para-hydroxylation sites is 2. The van der Waals surface area contributed by atoms with Gasteiger partial charge in [0, 0.05) is 29.2 Å². The smallest absolute Gasteiger partial charge is 0.191 e. The van der Waals surface area contributed by atoms with Crippen molar-refractivity contribution in [2.75, 3.05) is 0 Å². The van der Waals surface area contributed by atoms with Crippen molar-refractivity contribution in [2.24, 2.45) is 0 Å². The number of ether oxygens (including phenoxy) is 1. The Kier molecular flexibility index (Phi) is 5.84. The number of pyridine rings is 1. The number of benzene rings is 4. The molecule has 0 aliphatic carbocycles. The van der Waals surface area contributed by atoms with E-state index in [1.54, 1.807) is 12.3 Å². The van der Waals surface area contributed by atoms with E-state index in [2.05, 4.69) is 69.6 Å². The van der Waals surface area contributed by atoms with E-state index in [0.29, 0.717) is 17.2 Å². The molecule has 0 amide bonds. The van der Waals surface area contributed by atoms with Crippen molar-refractivity contribution in [2.45, 2.75) is 13.8 Å². The van der Waals surface area contributed by atoms with Gasteiger partial charge in [0.1, 0.15) is 17.3 Å². The van der Waals surface area contributed by atoms with Gasteiger partial charge in [-0.15, -0.1) is 0 Å². The van der Waals surface area contributed by atoms with Crippen LogP contribution in [0.15, 0.2) is 116 Å². The Labute approximate surface area is 237 Å². The van der Waals surface area contributed by atoms with Gasteiger partial charge in [-0.1, -0.05) is 42.5 Å². The molecule has 0 N–H and O–H groups in total. The largest absolute Gasteiger partial charge is 0.459 e.